The first-order valence-corrected chi connectivity index (χ1v) is 9.10. The molecule has 6 heteroatoms. The Morgan fingerprint density at radius 1 is 1.22 bits per heavy atom. The minimum atomic E-state index is -1.05. The van der Waals surface area contributed by atoms with E-state index in [1.165, 1.54) is 0 Å². The van der Waals surface area contributed by atoms with E-state index in [-0.39, 0.29) is 19.0 Å². The lowest BCUT2D eigenvalue weighted by Gasteiger charge is -2.24. The van der Waals surface area contributed by atoms with Gasteiger partial charge in [0, 0.05) is 17.1 Å². The van der Waals surface area contributed by atoms with Crippen molar-refractivity contribution in [3.05, 3.63) is 66.3 Å². The van der Waals surface area contributed by atoms with Crippen molar-refractivity contribution in [2.75, 3.05) is 18.5 Å². The third-order valence-electron chi connectivity index (χ3n) is 3.59. The molecule has 0 fully saturated rings. The zero-order valence-electron chi connectivity index (χ0n) is 16.0. The third-order valence-corrected chi connectivity index (χ3v) is 3.90. The molecule has 0 heterocycles. The smallest absolute Gasteiger partial charge is 0.411 e. The number of ketones is 1. The zero-order valence-corrected chi connectivity index (χ0v) is 16.7. The molecule has 1 N–H and O–H groups in total. The summed E-state index contributed by atoms with van der Waals surface area (Å²) in [5, 5.41) is 2.61. The number of nitrogens with one attached hydrogen (secondary N) is 1. The van der Waals surface area contributed by atoms with Gasteiger partial charge >= 0.3 is 6.09 Å². The maximum Gasteiger partial charge on any atom is 0.411 e. The number of alkyl halides is 1. The first-order chi connectivity index (χ1) is 12.8. The van der Waals surface area contributed by atoms with E-state index in [2.05, 4.69) is 11.9 Å². The van der Waals surface area contributed by atoms with Crippen LogP contribution < -0.4 is 5.32 Å². The fourth-order valence-electron chi connectivity index (χ4n) is 2.19. The Kier molecular flexibility index (Phi) is 9.54. The molecule has 0 atom stereocenters. The summed E-state index contributed by atoms with van der Waals surface area (Å²) >= 11 is 5.72. The number of hydrogen-bond donors (Lipinski definition) is 1. The summed E-state index contributed by atoms with van der Waals surface area (Å²) in [7, 11) is 0. The van der Waals surface area contributed by atoms with Crippen molar-refractivity contribution in [3.63, 3.8) is 0 Å². The van der Waals surface area contributed by atoms with Crippen molar-refractivity contribution in [2.24, 2.45) is 0 Å². The number of amides is 1. The molecule has 27 heavy (non-hydrogen) atoms. The van der Waals surface area contributed by atoms with Crippen molar-refractivity contribution < 1.29 is 19.1 Å². The summed E-state index contributed by atoms with van der Waals surface area (Å²) in [6, 6.07) is 7.12. The summed E-state index contributed by atoms with van der Waals surface area (Å²) in [6.45, 7) is 8.90. The molecule has 0 saturated heterocycles. The molecule has 0 aromatic heterocycles. The van der Waals surface area contributed by atoms with Gasteiger partial charge in [0.05, 0.1) is 6.61 Å². The van der Waals surface area contributed by atoms with E-state index in [4.69, 9.17) is 21.1 Å². The molecule has 5 nitrogen and oxygen atoms in total. The van der Waals surface area contributed by atoms with Crippen LogP contribution >= 0.6 is 11.6 Å². The standard InChI is InChI=1S/C21H26ClNO4/c1-5-7-17(8-6-2)19(24)21(3,4)27-14-13-26-20(25)23-18-11-9-16(15-22)10-12-18/h5-12H,1,13-15H2,2-4H3,(H,23,25)/b8-6-,17-7+. The van der Waals surface area contributed by atoms with E-state index < -0.39 is 11.7 Å². The summed E-state index contributed by atoms with van der Waals surface area (Å²) in [6.07, 6.45) is 6.07. The number of rotatable bonds is 10. The Morgan fingerprint density at radius 3 is 2.44 bits per heavy atom. The highest BCUT2D eigenvalue weighted by Crippen LogP contribution is 2.17. The molecular formula is C21H26ClNO4. The lowest BCUT2D eigenvalue weighted by Crippen LogP contribution is -2.37. The van der Waals surface area contributed by atoms with E-state index in [1.807, 2.05) is 19.1 Å². The van der Waals surface area contributed by atoms with Crippen molar-refractivity contribution in [1.29, 1.82) is 0 Å². The van der Waals surface area contributed by atoms with Gasteiger partial charge in [-0.3, -0.25) is 10.1 Å². The van der Waals surface area contributed by atoms with E-state index >= 15 is 0 Å². The second kappa shape index (κ2) is 11.4. The molecule has 0 bridgehead atoms. The molecule has 1 rings (SSSR count). The summed E-state index contributed by atoms with van der Waals surface area (Å²) in [4.78, 5) is 24.3. The fourth-order valence-corrected chi connectivity index (χ4v) is 2.37. The van der Waals surface area contributed by atoms with Crippen molar-refractivity contribution in [3.8, 4) is 0 Å². The lowest BCUT2D eigenvalue weighted by molar-refractivity contribution is -0.136. The Hall–Kier alpha value is -2.37. The molecule has 0 aliphatic carbocycles. The number of benzene rings is 1. The molecular weight excluding hydrogens is 366 g/mol. The van der Waals surface area contributed by atoms with Crippen LogP contribution in [0.4, 0.5) is 10.5 Å². The minimum absolute atomic E-state index is 0.0203. The number of anilines is 1. The average Bonchev–Trinajstić information content (AvgIpc) is 2.65. The summed E-state index contributed by atoms with van der Waals surface area (Å²) < 4.78 is 10.7. The van der Waals surface area contributed by atoms with Crippen LogP contribution in [0.1, 0.15) is 26.3 Å². The first kappa shape index (κ1) is 22.7. The van der Waals surface area contributed by atoms with Crippen molar-refractivity contribution in [2.45, 2.75) is 32.3 Å². The predicted molar refractivity (Wildman–Crippen MR) is 109 cm³/mol. The topological polar surface area (TPSA) is 64.6 Å². The van der Waals surface area contributed by atoms with Gasteiger partial charge in [-0.25, -0.2) is 4.79 Å². The zero-order chi connectivity index (χ0) is 20.3. The van der Waals surface area contributed by atoms with Crippen LogP contribution in [0.25, 0.3) is 0 Å². The maximum absolute atomic E-state index is 12.5. The molecule has 0 saturated carbocycles. The van der Waals surface area contributed by atoms with Gasteiger partial charge in [-0.1, -0.05) is 43.0 Å². The first-order valence-electron chi connectivity index (χ1n) is 8.57. The second-order valence-electron chi connectivity index (χ2n) is 6.14. The van der Waals surface area contributed by atoms with Gasteiger partial charge in [0.15, 0.2) is 5.78 Å². The Morgan fingerprint density at radius 2 is 1.89 bits per heavy atom. The van der Waals surface area contributed by atoms with Crippen LogP contribution in [0.2, 0.25) is 0 Å². The minimum Gasteiger partial charge on any atom is -0.447 e. The SMILES string of the molecule is C=C/C=C(\C=C/C)C(=O)C(C)(C)OCCOC(=O)Nc1ccc(CCl)cc1. The molecule has 1 aromatic rings. The molecule has 1 aromatic carbocycles. The molecule has 146 valence electrons. The molecule has 0 aliphatic heterocycles. The monoisotopic (exact) mass is 391 g/mol. The molecule has 0 aliphatic rings. The van der Waals surface area contributed by atoms with Gasteiger partial charge < -0.3 is 9.47 Å². The van der Waals surface area contributed by atoms with E-state index in [1.54, 1.807) is 50.3 Å². The Labute approximate surface area is 165 Å². The molecule has 1 amide bonds. The largest absolute Gasteiger partial charge is 0.447 e. The number of ether oxygens (including phenoxy) is 2. The predicted octanol–water partition coefficient (Wildman–Crippen LogP) is 5.03. The van der Waals surface area contributed by atoms with Crippen LogP contribution in [0.3, 0.4) is 0 Å². The van der Waals surface area contributed by atoms with Gasteiger partial charge in [-0.2, -0.15) is 0 Å². The summed E-state index contributed by atoms with van der Waals surface area (Å²) in [5.74, 6) is 0.234. The van der Waals surface area contributed by atoms with E-state index in [0.717, 1.165) is 5.56 Å². The lowest BCUT2D eigenvalue weighted by atomic mass is 9.95. The number of carbonyl (C=O) groups is 2. The van der Waals surface area contributed by atoms with Crippen molar-refractivity contribution in [1.82, 2.24) is 0 Å². The molecule has 0 unspecified atom stereocenters. The van der Waals surface area contributed by atoms with Gasteiger partial charge in [0.1, 0.15) is 12.2 Å². The van der Waals surface area contributed by atoms with Crippen molar-refractivity contribution >= 4 is 29.2 Å². The van der Waals surface area contributed by atoms with Crippen LogP contribution in [0.5, 0.6) is 0 Å². The quantitative estimate of drug-likeness (QED) is 0.263. The third kappa shape index (κ3) is 7.81. The fraction of sp³-hybridized carbons (Fsp3) is 0.333. The number of hydrogen-bond acceptors (Lipinski definition) is 4. The summed E-state index contributed by atoms with van der Waals surface area (Å²) in [5.41, 5.74) is 1.01. The number of allylic oxidation sites excluding steroid dienone is 4. The van der Waals surface area contributed by atoms with Gasteiger partial charge in [-0.05, 0) is 38.5 Å². The number of Topliss-reactive ketones (excluding diaryl/α,β-unsaturated/α-hetero) is 1. The van der Waals surface area contributed by atoms with E-state index in [9.17, 15) is 9.59 Å². The number of carbonyl (C=O) groups excluding carboxylic acids is 2. The highest BCUT2D eigenvalue weighted by Gasteiger charge is 2.30. The maximum atomic E-state index is 12.5. The number of halogens is 1. The average molecular weight is 392 g/mol. The highest BCUT2D eigenvalue weighted by molar-refractivity contribution is 6.17. The molecule has 0 radical (unpaired) electrons. The molecule has 0 spiro atoms. The normalized spacial score (nSPS) is 12.1. The Balaban J connectivity index is 2.46. The van der Waals surface area contributed by atoms with Crippen LogP contribution in [-0.4, -0.2) is 30.7 Å². The van der Waals surface area contributed by atoms with E-state index in [0.29, 0.717) is 17.1 Å². The van der Waals surface area contributed by atoms with Gasteiger partial charge in [0.2, 0.25) is 0 Å². The van der Waals surface area contributed by atoms with Crippen LogP contribution in [-0.2, 0) is 20.1 Å². The van der Waals surface area contributed by atoms with Gasteiger partial charge in [0.25, 0.3) is 0 Å². The Bertz CT molecular complexity index is 705. The van der Waals surface area contributed by atoms with Crippen LogP contribution in [0.15, 0.2) is 60.7 Å². The second-order valence-corrected chi connectivity index (χ2v) is 6.40. The van der Waals surface area contributed by atoms with Crippen LogP contribution in [0, 0.1) is 0 Å². The highest BCUT2D eigenvalue weighted by atomic mass is 35.5. The van der Waals surface area contributed by atoms with Gasteiger partial charge in [-0.15, -0.1) is 11.6 Å².